The van der Waals surface area contributed by atoms with Crippen molar-refractivity contribution in [1.29, 1.82) is 0 Å². The molecule has 0 bridgehead atoms. The molecule has 0 fully saturated rings. The molecule has 0 saturated carbocycles. The van der Waals surface area contributed by atoms with Crippen molar-refractivity contribution in [3.8, 4) is 0 Å². The Morgan fingerprint density at radius 2 is 2.20 bits per heavy atom. The van der Waals surface area contributed by atoms with Gasteiger partial charge in [-0.15, -0.1) is 0 Å². The molecule has 0 saturated heterocycles. The van der Waals surface area contributed by atoms with E-state index in [1.165, 1.54) is 0 Å². The van der Waals surface area contributed by atoms with E-state index in [9.17, 15) is 0 Å². The molecule has 1 aromatic rings. The van der Waals surface area contributed by atoms with Crippen LogP contribution in [-0.2, 0) is 11.3 Å². The van der Waals surface area contributed by atoms with Gasteiger partial charge in [0.2, 0.25) is 0 Å². The van der Waals surface area contributed by atoms with Gasteiger partial charge in [0.05, 0.1) is 5.69 Å². The molecule has 0 spiro atoms. The summed E-state index contributed by atoms with van der Waals surface area (Å²) in [4.78, 5) is 8.86. The number of nitrogens with zero attached hydrogens (tertiary/aromatic N) is 2. The molecule has 1 N–H and O–H groups in total. The Balaban J connectivity index is 2.96. The maximum absolute atomic E-state index is 5.33. The number of methoxy groups -OCH3 is 1. The fraction of sp³-hybridized carbons (Fsp3) is 0.636. The van der Waals surface area contributed by atoms with Crippen LogP contribution in [0.25, 0.3) is 0 Å². The monoisotopic (exact) mass is 209 g/mol. The van der Waals surface area contributed by atoms with Crippen molar-refractivity contribution in [3.63, 3.8) is 0 Å². The summed E-state index contributed by atoms with van der Waals surface area (Å²) >= 11 is 0. The third-order valence-corrected chi connectivity index (χ3v) is 2.23. The highest BCUT2D eigenvalue weighted by atomic mass is 16.5. The number of hydrogen-bond donors (Lipinski definition) is 1. The molecule has 4 heteroatoms. The normalized spacial score (nSPS) is 12.8. The molecule has 0 aliphatic heterocycles. The van der Waals surface area contributed by atoms with Crippen molar-refractivity contribution in [2.75, 3.05) is 14.2 Å². The van der Waals surface area contributed by atoms with Gasteiger partial charge < -0.3 is 10.1 Å². The highest BCUT2D eigenvalue weighted by Gasteiger charge is 2.12. The molecule has 0 amide bonds. The van der Waals surface area contributed by atoms with Crippen LogP contribution in [0.15, 0.2) is 6.07 Å². The third-order valence-electron chi connectivity index (χ3n) is 2.23. The van der Waals surface area contributed by atoms with Crippen LogP contribution < -0.4 is 5.32 Å². The Kier molecular flexibility index (Phi) is 4.65. The van der Waals surface area contributed by atoms with Gasteiger partial charge in [-0.3, -0.25) is 0 Å². The van der Waals surface area contributed by atoms with Crippen LogP contribution >= 0.6 is 0 Å². The molecule has 15 heavy (non-hydrogen) atoms. The van der Waals surface area contributed by atoms with Crippen LogP contribution in [0.5, 0.6) is 0 Å². The van der Waals surface area contributed by atoms with Crippen LogP contribution in [0.3, 0.4) is 0 Å². The Labute approximate surface area is 91.1 Å². The van der Waals surface area contributed by atoms with Gasteiger partial charge in [-0.05, 0) is 26.5 Å². The Morgan fingerprint density at radius 3 is 2.73 bits per heavy atom. The van der Waals surface area contributed by atoms with Crippen molar-refractivity contribution in [2.24, 2.45) is 0 Å². The predicted octanol–water partition coefficient (Wildman–Crippen LogP) is 1.60. The zero-order chi connectivity index (χ0) is 11.3. The van der Waals surface area contributed by atoms with E-state index in [2.05, 4.69) is 22.2 Å². The first-order chi connectivity index (χ1) is 7.21. The van der Waals surface area contributed by atoms with E-state index in [0.29, 0.717) is 0 Å². The van der Waals surface area contributed by atoms with Crippen molar-refractivity contribution in [3.05, 3.63) is 23.3 Å². The lowest BCUT2D eigenvalue weighted by atomic mass is 10.2. The van der Waals surface area contributed by atoms with Crippen molar-refractivity contribution in [2.45, 2.75) is 32.9 Å². The standard InChI is InChI=1S/C11H19N3O/c1-5-10(15-4)11-13-8(2)6-9(14-11)7-12-3/h6,10,12H,5,7H2,1-4H3. The molecular formula is C11H19N3O. The minimum atomic E-state index is 0.000469. The summed E-state index contributed by atoms with van der Waals surface area (Å²) in [6.45, 7) is 4.81. The third kappa shape index (κ3) is 3.25. The van der Waals surface area contributed by atoms with E-state index in [4.69, 9.17) is 4.74 Å². The van der Waals surface area contributed by atoms with E-state index in [1.54, 1.807) is 7.11 Å². The molecule has 0 aromatic carbocycles. The molecule has 1 aromatic heterocycles. The fourth-order valence-corrected chi connectivity index (χ4v) is 1.53. The van der Waals surface area contributed by atoms with Crippen LogP contribution in [-0.4, -0.2) is 24.1 Å². The first-order valence-electron chi connectivity index (χ1n) is 5.23. The van der Waals surface area contributed by atoms with Gasteiger partial charge in [-0.1, -0.05) is 6.92 Å². The summed E-state index contributed by atoms with van der Waals surface area (Å²) in [5.74, 6) is 0.783. The molecule has 0 radical (unpaired) electrons. The molecule has 0 aliphatic rings. The first kappa shape index (κ1) is 12.1. The van der Waals surface area contributed by atoms with Crippen molar-refractivity contribution < 1.29 is 4.74 Å². The zero-order valence-electron chi connectivity index (χ0n) is 9.87. The summed E-state index contributed by atoms with van der Waals surface area (Å²) in [6.07, 6.45) is 0.888. The molecular weight excluding hydrogens is 190 g/mol. The van der Waals surface area contributed by atoms with Crippen LogP contribution in [0.4, 0.5) is 0 Å². The topological polar surface area (TPSA) is 47.0 Å². The van der Waals surface area contributed by atoms with E-state index in [0.717, 1.165) is 30.2 Å². The van der Waals surface area contributed by atoms with E-state index < -0.39 is 0 Å². The van der Waals surface area contributed by atoms with E-state index in [-0.39, 0.29) is 6.10 Å². The number of hydrogen-bond acceptors (Lipinski definition) is 4. The largest absolute Gasteiger partial charge is 0.373 e. The number of aromatic nitrogens is 2. The van der Waals surface area contributed by atoms with Crippen LogP contribution in [0.2, 0.25) is 0 Å². The molecule has 1 unspecified atom stereocenters. The summed E-state index contributed by atoms with van der Waals surface area (Å²) in [5.41, 5.74) is 2.00. The number of aryl methyl sites for hydroxylation is 1. The summed E-state index contributed by atoms with van der Waals surface area (Å²) < 4.78 is 5.33. The highest BCUT2D eigenvalue weighted by Crippen LogP contribution is 2.16. The summed E-state index contributed by atoms with van der Waals surface area (Å²) in [5, 5.41) is 3.08. The fourth-order valence-electron chi connectivity index (χ4n) is 1.53. The number of rotatable bonds is 5. The predicted molar refractivity (Wildman–Crippen MR) is 59.6 cm³/mol. The molecule has 1 rings (SSSR count). The van der Waals surface area contributed by atoms with E-state index >= 15 is 0 Å². The van der Waals surface area contributed by atoms with Crippen LogP contribution in [0, 0.1) is 6.92 Å². The minimum Gasteiger partial charge on any atom is -0.373 e. The molecule has 1 heterocycles. The molecule has 84 valence electrons. The Bertz CT molecular complexity index is 311. The molecule has 4 nitrogen and oxygen atoms in total. The second kappa shape index (κ2) is 5.78. The SMILES string of the molecule is CCC(OC)c1nc(C)cc(CNC)n1. The van der Waals surface area contributed by atoms with Gasteiger partial charge in [0.1, 0.15) is 6.10 Å². The smallest absolute Gasteiger partial charge is 0.157 e. The van der Waals surface area contributed by atoms with E-state index in [1.807, 2.05) is 20.0 Å². The van der Waals surface area contributed by atoms with Crippen molar-refractivity contribution in [1.82, 2.24) is 15.3 Å². The lowest BCUT2D eigenvalue weighted by molar-refractivity contribution is 0.0922. The summed E-state index contributed by atoms with van der Waals surface area (Å²) in [6, 6.07) is 1.99. The second-order valence-corrected chi connectivity index (χ2v) is 3.52. The average molecular weight is 209 g/mol. The highest BCUT2D eigenvalue weighted by molar-refractivity contribution is 5.11. The lowest BCUT2D eigenvalue weighted by Gasteiger charge is -2.13. The molecule has 0 aliphatic carbocycles. The van der Waals surface area contributed by atoms with Crippen LogP contribution in [0.1, 0.15) is 36.7 Å². The van der Waals surface area contributed by atoms with Gasteiger partial charge in [-0.2, -0.15) is 0 Å². The first-order valence-corrected chi connectivity index (χ1v) is 5.23. The maximum Gasteiger partial charge on any atom is 0.157 e. The average Bonchev–Trinajstić information content (AvgIpc) is 2.19. The lowest BCUT2D eigenvalue weighted by Crippen LogP contribution is -2.12. The second-order valence-electron chi connectivity index (χ2n) is 3.52. The van der Waals surface area contributed by atoms with Gasteiger partial charge in [0, 0.05) is 19.3 Å². The van der Waals surface area contributed by atoms with Gasteiger partial charge >= 0.3 is 0 Å². The van der Waals surface area contributed by atoms with Gasteiger partial charge in [0.15, 0.2) is 5.82 Å². The summed E-state index contributed by atoms with van der Waals surface area (Å²) in [7, 11) is 3.60. The quantitative estimate of drug-likeness (QED) is 0.800. The number of ether oxygens (including phenoxy) is 1. The van der Waals surface area contributed by atoms with Gasteiger partial charge in [0.25, 0.3) is 0 Å². The molecule has 1 atom stereocenters. The van der Waals surface area contributed by atoms with Crippen molar-refractivity contribution >= 4 is 0 Å². The Hall–Kier alpha value is -1.00. The number of nitrogens with one attached hydrogen (secondary N) is 1. The zero-order valence-corrected chi connectivity index (χ0v) is 9.87. The Morgan fingerprint density at radius 1 is 1.47 bits per heavy atom. The maximum atomic E-state index is 5.33. The van der Waals surface area contributed by atoms with Gasteiger partial charge in [-0.25, -0.2) is 9.97 Å². The minimum absolute atomic E-state index is 0.000469.